The van der Waals surface area contributed by atoms with E-state index in [0.29, 0.717) is 21.7 Å². The second-order valence-electron chi connectivity index (χ2n) is 4.85. The van der Waals surface area contributed by atoms with Gasteiger partial charge in [0.1, 0.15) is 11.6 Å². The molecule has 0 aliphatic carbocycles. The van der Waals surface area contributed by atoms with Crippen molar-refractivity contribution in [2.75, 3.05) is 17.2 Å². The summed E-state index contributed by atoms with van der Waals surface area (Å²) in [5.41, 5.74) is 1.17. The van der Waals surface area contributed by atoms with Gasteiger partial charge in [0.2, 0.25) is 0 Å². The minimum atomic E-state index is 0.108. The van der Waals surface area contributed by atoms with Crippen LogP contribution in [-0.2, 0) is 0 Å². The molecule has 3 nitrogen and oxygen atoms in total. The number of nitrogens with one attached hydrogen (secondary N) is 2. The lowest BCUT2D eigenvalue weighted by Crippen LogP contribution is -2.10. The van der Waals surface area contributed by atoms with Crippen LogP contribution in [-0.4, -0.2) is 11.5 Å². The zero-order chi connectivity index (χ0) is 15.2. The maximum Gasteiger partial charge on any atom is 0.147 e. The van der Waals surface area contributed by atoms with Crippen molar-refractivity contribution in [2.45, 2.75) is 26.3 Å². The molecular formula is C16H19Cl2N3. The van der Waals surface area contributed by atoms with E-state index in [1.165, 1.54) is 5.56 Å². The zero-order valence-corrected chi connectivity index (χ0v) is 13.7. The maximum atomic E-state index is 6.23. The van der Waals surface area contributed by atoms with E-state index in [-0.39, 0.29) is 6.04 Å². The summed E-state index contributed by atoms with van der Waals surface area (Å²) in [6.07, 6.45) is 1.00. The largest absolute Gasteiger partial charge is 0.369 e. The first-order valence-corrected chi connectivity index (χ1v) is 7.78. The number of aromatic nitrogens is 1. The van der Waals surface area contributed by atoms with Crippen molar-refractivity contribution in [1.82, 2.24) is 4.98 Å². The Labute approximate surface area is 135 Å². The van der Waals surface area contributed by atoms with Crippen LogP contribution in [0.3, 0.4) is 0 Å². The molecule has 0 saturated carbocycles. The second-order valence-corrected chi connectivity index (χ2v) is 5.67. The van der Waals surface area contributed by atoms with Crippen LogP contribution in [0.25, 0.3) is 0 Å². The van der Waals surface area contributed by atoms with Crippen molar-refractivity contribution in [3.8, 4) is 0 Å². The maximum absolute atomic E-state index is 6.23. The van der Waals surface area contributed by atoms with Crippen LogP contribution in [0.15, 0.2) is 36.4 Å². The number of anilines is 2. The average Bonchev–Trinajstić information content (AvgIpc) is 2.49. The summed E-state index contributed by atoms with van der Waals surface area (Å²) in [5, 5.41) is 7.58. The third-order valence-corrected chi connectivity index (χ3v) is 3.70. The molecule has 2 rings (SSSR count). The van der Waals surface area contributed by atoms with Gasteiger partial charge in [-0.1, -0.05) is 60.5 Å². The fourth-order valence-corrected chi connectivity index (χ4v) is 2.45. The number of hydrogen-bond acceptors (Lipinski definition) is 3. The second kappa shape index (κ2) is 7.53. The van der Waals surface area contributed by atoms with Gasteiger partial charge in [0.25, 0.3) is 0 Å². The highest BCUT2D eigenvalue weighted by atomic mass is 35.5. The van der Waals surface area contributed by atoms with Gasteiger partial charge in [-0.3, -0.25) is 0 Å². The first kappa shape index (κ1) is 15.9. The monoisotopic (exact) mass is 323 g/mol. The smallest absolute Gasteiger partial charge is 0.147 e. The molecule has 0 aliphatic rings. The van der Waals surface area contributed by atoms with Gasteiger partial charge in [-0.25, -0.2) is 4.98 Å². The van der Waals surface area contributed by atoms with Gasteiger partial charge in [0, 0.05) is 12.6 Å². The molecule has 0 aliphatic heterocycles. The van der Waals surface area contributed by atoms with Crippen molar-refractivity contribution >= 4 is 34.8 Å². The minimum absolute atomic E-state index is 0.108. The molecule has 1 atom stereocenters. The molecule has 0 bridgehead atoms. The van der Waals surface area contributed by atoms with Gasteiger partial charge in [-0.15, -0.1) is 0 Å². The summed E-state index contributed by atoms with van der Waals surface area (Å²) in [4.78, 5) is 4.49. The van der Waals surface area contributed by atoms with Crippen molar-refractivity contribution < 1.29 is 0 Å². The van der Waals surface area contributed by atoms with Crippen LogP contribution in [0.5, 0.6) is 0 Å². The van der Waals surface area contributed by atoms with Gasteiger partial charge in [0.15, 0.2) is 0 Å². The predicted octanol–water partition coefficient (Wildman–Crippen LogP) is 5.38. The van der Waals surface area contributed by atoms with Crippen molar-refractivity contribution in [1.29, 1.82) is 0 Å². The Morgan fingerprint density at radius 3 is 2.43 bits per heavy atom. The highest BCUT2D eigenvalue weighted by molar-refractivity contribution is 6.37. The molecule has 0 spiro atoms. The minimum Gasteiger partial charge on any atom is -0.369 e. The zero-order valence-electron chi connectivity index (χ0n) is 12.2. The molecule has 1 heterocycles. The Kier molecular flexibility index (Phi) is 5.71. The Balaban J connectivity index is 2.19. The van der Waals surface area contributed by atoms with Crippen molar-refractivity contribution in [2.24, 2.45) is 0 Å². The van der Waals surface area contributed by atoms with E-state index < -0.39 is 0 Å². The van der Waals surface area contributed by atoms with Crippen LogP contribution >= 0.6 is 23.2 Å². The molecule has 2 N–H and O–H groups in total. The Bertz CT molecular complexity index is 588. The number of nitrogens with zero attached hydrogens (tertiary/aromatic N) is 1. The highest BCUT2D eigenvalue weighted by Gasteiger charge is 2.12. The third-order valence-electron chi connectivity index (χ3n) is 3.12. The molecule has 1 aromatic carbocycles. The number of halogens is 2. The molecule has 0 saturated heterocycles. The van der Waals surface area contributed by atoms with Crippen molar-refractivity contribution in [3.63, 3.8) is 0 Å². The lowest BCUT2D eigenvalue weighted by Gasteiger charge is -2.17. The van der Waals surface area contributed by atoms with Gasteiger partial charge >= 0.3 is 0 Å². The van der Waals surface area contributed by atoms with E-state index in [0.717, 1.165) is 13.0 Å². The summed E-state index contributed by atoms with van der Waals surface area (Å²) in [5.74, 6) is 1.29. The predicted molar refractivity (Wildman–Crippen MR) is 91.5 cm³/mol. The lowest BCUT2D eigenvalue weighted by atomic mass is 10.1. The van der Waals surface area contributed by atoms with Gasteiger partial charge in [0.05, 0.1) is 10.0 Å². The Hall–Kier alpha value is -1.45. The fraction of sp³-hybridized carbons (Fsp3) is 0.312. The summed E-state index contributed by atoms with van der Waals surface area (Å²) in [6.45, 7) is 4.98. The molecule has 0 fully saturated rings. The molecule has 1 aromatic heterocycles. The number of pyridine rings is 1. The van der Waals surface area contributed by atoms with Crippen LogP contribution in [0.4, 0.5) is 11.6 Å². The van der Waals surface area contributed by atoms with E-state index in [1.54, 1.807) is 6.07 Å². The van der Waals surface area contributed by atoms with Crippen molar-refractivity contribution in [3.05, 3.63) is 52.0 Å². The number of hydrogen-bond donors (Lipinski definition) is 2. The topological polar surface area (TPSA) is 37.0 Å². The molecule has 0 amide bonds. The van der Waals surface area contributed by atoms with Crippen LogP contribution in [0, 0.1) is 0 Å². The van der Waals surface area contributed by atoms with E-state index in [2.05, 4.69) is 41.6 Å². The summed E-state index contributed by atoms with van der Waals surface area (Å²) in [7, 11) is 0. The first-order chi connectivity index (χ1) is 10.1. The number of rotatable bonds is 6. The van der Waals surface area contributed by atoms with Crippen LogP contribution in [0.2, 0.25) is 10.0 Å². The molecule has 0 radical (unpaired) electrons. The molecule has 112 valence electrons. The van der Waals surface area contributed by atoms with Gasteiger partial charge in [-0.05, 0) is 25.0 Å². The van der Waals surface area contributed by atoms with E-state index in [1.807, 2.05) is 18.2 Å². The normalized spacial score (nSPS) is 12.0. The standard InChI is InChI=1S/C16H19Cl2N3/c1-3-9-19-15-13(17)10-14(18)16(21-15)20-11(2)12-7-5-4-6-8-12/h4-8,10-11H,3,9H2,1-2H3,(H2,19,20,21). The summed E-state index contributed by atoms with van der Waals surface area (Å²) in [6, 6.07) is 12.0. The average molecular weight is 324 g/mol. The quantitative estimate of drug-likeness (QED) is 0.748. The first-order valence-electron chi connectivity index (χ1n) is 7.03. The third kappa shape index (κ3) is 4.26. The van der Waals surface area contributed by atoms with E-state index >= 15 is 0 Å². The summed E-state index contributed by atoms with van der Waals surface area (Å²) >= 11 is 12.4. The summed E-state index contributed by atoms with van der Waals surface area (Å²) < 4.78 is 0. The molecule has 2 aromatic rings. The molecule has 21 heavy (non-hydrogen) atoms. The SMILES string of the molecule is CCCNc1nc(NC(C)c2ccccc2)c(Cl)cc1Cl. The fourth-order valence-electron chi connectivity index (χ4n) is 1.97. The molecular weight excluding hydrogens is 305 g/mol. The number of benzene rings is 1. The lowest BCUT2D eigenvalue weighted by molar-refractivity contribution is 0.874. The van der Waals surface area contributed by atoms with E-state index in [4.69, 9.17) is 23.2 Å². The Morgan fingerprint density at radius 1 is 1.10 bits per heavy atom. The van der Waals surface area contributed by atoms with Gasteiger partial charge < -0.3 is 10.6 Å². The van der Waals surface area contributed by atoms with Crippen LogP contribution < -0.4 is 10.6 Å². The molecule has 1 unspecified atom stereocenters. The van der Waals surface area contributed by atoms with Crippen LogP contribution in [0.1, 0.15) is 31.9 Å². The van der Waals surface area contributed by atoms with Gasteiger partial charge in [-0.2, -0.15) is 0 Å². The molecule has 5 heteroatoms. The van der Waals surface area contributed by atoms with E-state index in [9.17, 15) is 0 Å². The Morgan fingerprint density at radius 2 is 1.76 bits per heavy atom. The highest BCUT2D eigenvalue weighted by Crippen LogP contribution is 2.31.